The molecule has 0 atom stereocenters. The average Bonchev–Trinajstić information content (AvgIpc) is 3.43. The van der Waals surface area contributed by atoms with Gasteiger partial charge >= 0.3 is 0 Å². The van der Waals surface area contributed by atoms with E-state index in [1.165, 1.54) is 13.0 Å². The van der Waals surface area contributed by atoms with Crippen LogP contribution >= 0.6 is 0 Å². The number of anilines is 1. The lowest BCUT2D eigenvalue weighted by molar-refractivity contribution is -0.130. The highest BCUT2D eigenvalue weighted by Gasteiger charge is 2.26. The Hall–Kier alpha value is -3.88. The molecule has 8 nitrogen and oxygen atoms in total. The topological polar surface area (TPSA) is 97.1 Å². The Morgan fingerprint density at radius 3 is 2.68 bits per heavy atom. The zero-order chi connectivity index (χ0) is 23.7. The van der Waals surface area contributed by atoms with E-state index in [4.69, 9.17) is 0 Å². The van der Waals surface area contributed by atoms with E-state index in [2.05, 4.69) is 20.3 Å². The fourth-order valence-corrected chi connectivity index (χ4v) is 4.74. The molecule has 3 aromatic heterocycles. The Morgan fingerprint density at radius 2 is 1.88 bits per heavy atom. The van der Waals surface area contributed by atoms with Crippen molar-refractivity contribution in [3.05, 3.63) is 59.8 Å². The predicted molar refractivity (Wildman–Crippen MR) is 129 cm³/mol. The molecular weight excluding hydrogens is 435 g/mol. The van der Waals surface area contributed by atoms with Crippen molar-refractivity contribution in [2.45, 2.75) is 19.8 Å². The number of hydrogen-bond acceptors (Lipinski definition) is 4. The molecule has 176 valence electrons. The SMILES string of the molecule is CC(=O)NCCc1c[nH]c2ccc(F)c(N3CCN(C(=O)Cc4c[nH]c5ncccc45)CC3)c12. The number of pyridine rings is 1. The van der Waals surface area contributed by atoms with Crippen LogP contribution in [0.25, 0.3) is 21.9 Å². The minimum Gasteiger partial charge on any atom is -0.365 e. The summed E-state index contributed by atoms with van der Waals surface area (Å²) < 4.78 is 15.1. The summed E-state index contributed by atoms with van der Waals surface area (Å²) in [6, 6.07) is 7.05. The minimum atomic E-state index is -0.279. The molecule has 2 amide bonds. The normalized spacial score (nSPS) is 14.2. The standard InChI is InChI=1S/C25H27FN6O2/c1-16(33)27-8-6-17-14-29-21-5-4-20(26)24(23(17)21)32-11-9-31(10-12-32)22(34)13-18-15-30-25-19(18)3-2-7-28-25/h2-5,7,14-15,29H,6,8-13H2,1H3,(H,27,33)(H,28,30). The summed E-state index contributed by atoms with van der Waals surface area (Å²) in [7, 11) is 0. The highest BCUT2D eigenvalue weighted by atomic mass is 19.1. The van der Waals surface area contributed by atoms with Gasteiger partial charge in [-0.15, -0.1) is 0 Å². The highest BCUT2D eigenvalue weighted by Crippen LogP contribution is 2.33. The van der Waals surface area contributed by atoms with Crippen LogP contribution in [-0.2, 0) is 22.4 Å². The molecule has 1 saturated heterocycles. The summed E-state index contributed by atoms with van der Waals surface area (Å²) in [6.07, 6.45) is 6.36. The second-order valence-electron chi connectivity index (χ2n) is 8.62. The number of rotatable bonds is 6. The van der Waals surface area contributed by atoms with Crippen LogP contribution in [0.1, 0.15) is 18.1 Å². The Balaban J connectivity index is 1.30. The summed E-state index contributed by atoms with van der Waals surface area (Å²) >= 11 is 0. The largest absolute Gasteiger partial charge is 0.365 e. The molecule has 0 aliphatic carbocycles. The van der Waals surface area contributed by atoms with Crippen LogP contribution in [0, 0.1) is 5.82 Å². The van der Waals surface area contributed by atoms with E-state index in [1.807, 2.05) is 34.3 Å². The van der Waals surface area contributed by atoms with Gasteiger partial charge in [-0.1, -0.05) is 0 Å². The molecule has 0 bridgehead atoms. The maximum Gasteiger partial charge on any atom is 0.227 e. The first-order chi connectivity index (χ1) is 16.5. The number of halogens is 1. The lowest BCUT2D eigenvalue weighted by Gasteiger charge is -2.36. The molecule has 1 aliphatic rings. The van der Waals surface area contributed by atoms with Crippen molar-refractivity contribution in [1.82, 2.24) is 25.2 Å². The molecular formula is C25H27FN6O2. The fourth-order valence-electron chi connectivity index (χ4n) is 4.74. The van der Waals surface area contributed by atoms with Gasteiger partial charge in [-0.2, -0.15) is 0 Å². The van der Waals surface area contributed by atoms with Gasteiger partial charge in [0.1, 0.15) is 11.5 Å². The van der Waals surface area contributed by atoms with Crippen molar-refractivity contribution in [3.8, 4) is 0 Å². The lowest BCUT2D eigenvalue weighted by Crippen LogP contribution is -2.49. The van der Waals surface area contributed by atoms with Crippen molar-refractivity contribution >= 4 is 39.4 Å². The average molecular weight is 463 g/mol. The van der Waals surface area contributed by atoms with Crippen LogP contribution in [0.15, 0.2) is 42.9 Å². The van der Waals surface area contributed by atoms with Crippen LogP contribution in [0.3, 0.4) is 0 Å². The number of aromatic nitrogens is 3. The van der Waals surface area contributed by atoms with E-state index < -0.39 is 0 Å². The Kier molecular flexibility index (Phi) is 5.91. The van der Waals surface area contributed by atoms with Gasteiger partial charge in [0.05, 0.1) is 12.1 Å². The lowest BCUT2D eigenvalue weighted by atomic mass is 10.1. The van der Waals surface area contributed by atoms with Crippen LogP contribution < -0.4 is 10.2 Å². The van der Waals surface area contributed by atoms with Crippen LogP contribution in [0.5, 0.6) is 0 Å². The van der Waals surface area contributed by atoms with Crippen molar-refractivity contribution in [3.63, 3.8) is 0 Å². The predicted octanol–water partition coefficient (Wildman–Crippen LogP) is 2.75. The monoisotopic (exact) mass is 462 g/mol. The van der Waals surface area contributed by atoms with Gasteiger partial charge in [-0.25, -0.2) is 9.37 Å². The number of H-pyrrole nitrogens is 2. The zero-order valence-electron chi connectivity index (χ0n) is 19.0. The van der Waals surface area contributed by atoms with E-state index in [9.17, 15) is 9.59 Å². The summed E-state index contributed by atoms with van der Waals surface area (Å²) in [5.41, 5.74) is 4.10. The summed E-state index contributed by atoms with van der Waals surface area (Å²) in [6.45, 7) is 4.13. The third kappa shape index (κ3) is 4.21. The van der Waals surface area contributed by atoms with Gasteiger partial charge in [0.25, 0.3) is 0 Å². The number of nitrogens with zero attached hydrogens (tertiary/aromatic N) is 3. The van der Waals surface area contributed by atoms with Gasteiger partial charge in [-0.05, 0) is 41.8 Å². The number of piperazine rings is 1. The van der Waals surface area contributed by atoms with Gasteiger partial charge in [0.2, 0.25) is 11.8 Å². The molecule has 1 aromatic carbocycles. The van der Waals surface area contributed by atoms with Crippen molar-refractivity contribution < 1.29 is 14.0 Å². The van der Waals surface area contributed by atoms with E-state index in [0.29, 0.717) is 51.3 Å². The quantitative estimate of drug-likeness (QED) is 0.411. The third-order valence-electron chi connectivity index (χ3n) is 6.45. The van der Waals surface area contributed by atoms with E-state index in [0.717, 1.165) is 33.1 Å². The van der Waals surface area contributed by atoms with Crippen molar-refractivity contribution in [2.24, 2.45) is 0 Å². The van der Waals surface area contributed by atoms with Crippen LogP contribution in [0.4, 0.5) is 10.1 Å². The number of benzene rings is 1. The number of fused-ring (bicyclic) bond motifs is 2. The van der Waals surface area contributed by atoms with Gasteiger partial charge < -0.3 is 25.1 Å². The molecule has 4 aromatic rings. The van der Waals surface area contributed by atoms with E-state index >= 15 is 4.39 Å². The molecule has 0 spiro atoms. The number of hydrogen-bond donors (Lipinski definition) is 3. The third-order valence-corrected chi connectivity index (χ3v) is 6.45. The highest BCUT2D eigenvalue weighted by molar-refractivity contribution is 5.96. The summed E-state index contributed by atoms with van der Waals surface area (Å²) in [5.74, 6) is -0.310. The fraction of sp³-hybridized carbons (Fsp3) is 0.320. The number of carbonyl (C=O) groups excluding carboxylic acids is 2. The van der Waals surface area contributed by atoms with Gasteiger partial charge in [0, 0.05) is 74.5 Å². The molecule has 4 heterocycles. The minimum absolute atomic E-state index is 0.0562. The zero-order valence-corrected chi connectivity index (χ0v) is 19.0. The van der Waals surface area contributed by atoms with Crippen LogP contribution in [0.2, 0.25) is 0 Å². The molecule has 0 unspecified atom stereocenters. The van der Waals surface area contributed by atoms with Gasteiger partial charge in [0.15, 0.2) is 0 Å². The smallest absolute Gasteiger partial charge is 0.227 e. The first-order valence-corrected chi connectivity index (χ1v) is 11.5. The Labute approximate surface area is 196 Å². The first kappa shape index (κ1) is 21.9. The van der Waals surface area contributed by atoms with Crippen molar-refractivity contribution in [2.75, 3.05) is 37.6 Å². The molecule has 9 heteroatoms. The van der Waals surface area contributed by atoms with Gasteiger partial charge in [-0.3, -0.25) is 9.59 Å². The number of aromatic amines is 2. The number of carbonyl (C=O) groups is 2. The Bertz CT molecular complexity index is 1350. The second kappa shape index (κ2) is 9.17. The molecule has 3 N–H and O–H groups in total. The molecule has 0 saturated carbocycles. The van der Waals surface area contributed by atoms with Crippen molar-refractivity contribution in [1.29, 1.82) is 0 Å². The summed E-state index contributed by atoms with van der Waals surface area (Å²) in [5, 5.41) is 4.60. The molecule has 5 rings (SSSR count). The number of amides is 2. The molecule has 0 radical (unpaired) electrons. The summed E-state index contributed by atoms with van der Waals surface area (Å²) in [4.78, 5) is 38.7. The van der Waals surface area contributed by atoms with Crippen LogP contribution in [-0.4, -0.2) is 64.4 Å². The van der Waals surface area contributed by atoms with E-state index in [-0.39, 0.29) is 17.6 Å². The Morgan fingerprint density at radius 1 is 1.09 bits per heavy atom. The maximum absolute atomic E-state index is 15.1. The molecule has 1 aliphatic heterocycles. The number of nitrogens with one attached hydrogen (secondary N) is 3. The first-order valence-electron chi connectivity index (χ1n) is 11.5. The maximum atomic E-state index is 15.1. The second-order valence-corrected chi connectivity index (χ2v) is 8.62. The molecule has 1 fully saturated rings. The van der Waals surface area contributed by atoms with E-state index in [1.54, 1.807) is 12.3 Å². The molecule has 34 heavy (non-hydrogen) atoms.